The maximum absolute atomic E-state index is 11.3. The zero-order valence-electron chi connectivity index (χ0n) is 18.8. The van der Waals surface area contributed by atoms with Crippen molar-refractivity contribution in [2.45, 2.75) is 57.3 Å². The fourth-order valence-electron chi connectivity index (χ4n) is 6.47. The Balaban J connectivity index is 1.62. The van der Waals surface area contributed by atoms with Crippen molar-refractivity contribution in [2.75, 3.05) is 0 Å². The number of rotatable bonds is 4. The van der Waals surface area contributed by atoms with Crippen LogP contribution in [0.15, 0.2) is 42.5 Å². The van der Waals surface area contributed by atoms with Crippen LogP contribution in [-0.2, 0) is 5.41 Å². The molecule has 33 heavy (non-hydrogen) atoms. The van der Waals surface area contributed by atoms with Gasteiger partial charge in [-0.25, -0.2) is 4.79 Å². The standard InChI is InChI=1S/C28H30O5/c1-2-16-8-17-4-3-7-28(14-16,15-17)20-5-6-24(29)21(13-20)18-9-22-23(25(30)11-18)10-19(27(32)33)12-26(22)31/h5-6,9-13,16-17,29-31H,2-4,7-8,14-15H2,1H3,(H,32,33). The number of hydrogen-bond donors (Lipinski definition) is 4. The van der Waals surface area contributed by atoms with E-state index in [4.69, 9.17) is 0 Å². The zero-order valence-corrected chi connectivity index (χ0v) is 18.8. The summed E-state index contributed by atoms with van der Waals surface area (Å²) in [5.74, 6) is 0.0793. The fraction of sp³-hybridized carbons (Fsp3) is 0.393. The molecule has 2 aliphatic rings. The van der Waals surface area contributed by atoms with Gasteiger partial charge in [-0.15, -0.1) is 0 Å². The Kier molecular flexibility index (Phi) is 5.23. The van der Waals surface area contributed by atoms with E-state index in [1.165, 1.54) is 62.3 Å². The second-order valence-corrected chi connectivity index (χ2v) is 10.1. The van der Waals surface area contributed by atoms with E-state index in [0.29, 0.717) is 16.5 Å². The average molecular weight is 447 g/mol. The third kappa shape index (κ3) is 3.69. The largest absolute Gasteiger partial charge is 0.507 e. The van der Waals surface area contributed by atoms with Gasteiger partial charge in [-0.05, 0) is 90.5 Å². The fourth-order valence-corrected chi connectivity index (χ4v) is 6.47. The second-order valence-electron chi connectivity index (χ2n) is 10.1. The lowest BCUT2D eigenvalue weighted by atomic mass is 9.56. The van der Waals surface area contributed by atoms with E-state index in [2.05, 4.69) is 19.1 Å². The average Bonchev–Trinajstić information content (AvgIpc) is 2.79. The van der Waals surface area contributed by atoms with Crippen LogP contribution in [-0.4, -0.2) is 26.4 Å². The smallest absolute Gasteiger partial charge is 0.335 e. The number of phenols is 3. The van der Waals surface area contributed by atoms with Crippen LogP contribution in [0.3, 0.4) is 0 Å². The molecule has 3 aromatic carbocycles. The van der Waals surface area contributed by atoms with Crippen LogP contribution in [0.2, 0.25) is 0 Å². The molecule has 3 aromatic rings. The first-order valence-corrected chi connectivity index (χ1v) is 11.9. The maximum Gasteiger partial charge on any atom is 0.335 e. The number of carboxylic acid groups (broad SMARTS) is 1. The van der Waals surface area contributed by atoms with Gasteiger partial charge in [0.25, 0.3) is 0 Å². The summed E-state index contributed by atoms with van der Waals surface area (Å²) in [6.07, 6.45) is 8.57. The Morgan fingerprint density at radius 2 is 1.73 bits per heavy atom. The van der Waals surface area contributed by atoms with Crippen LogP contribution in [0.4, 0.5) is 0 Å². The highest BCUT2D eigenvalue weighted by molar-refractivity contribution is 6.02. The van der Waals surface area contributed by atoms with E-state index in [9.17, 15) is 25.2 Å². The molecule has 5 heteroatoms. The molecular weight excluding hydrogens is 416 g/mol. The molecule has 2 saturated carbocycles. The number of aromatic hydroxyl groups is 3. The summed E-state index contributed by atoms with van der Waals surface area (Å²) in [7, 11) is 0. The molecule has 172 valence electrons. The van der Waals surface area contributed by atoms with Gasteiger partial charge < -0.3 is 20.4 Å². The maximum atomic E-state index is 11.3. The van der Waals surface area contributed by atoms with Crippen molar-refractivity contribution in [1.29, 1.82) is 0 Å². The molecule has 3 unspecified atom stereocenters. The minimum absolute atomic E-state index is 0.0957. The zero-order chi connectivity index (χ0) is 23.3. The van der Waals surface area contributed by atoms with E-state index in [0.717, 1.165) is 18.3 Å². The lowest BCUT2D eigenvalue weighted by Crippen LogP contribution is -2.40. The number of carboxylic acids is 1. The molecule has 0 aliphatic heterocycles. The van der Waals surface area contributed by atoms with E-state index in [1.807, 2.05) is 0 Å². The first-order valence-electron chi connectivity index (χ1n) is 11.9. The van der Waals surface area contributed by atoms with Gasteiger partial charge in [0.15, 0.2) is 0 Å². The summed E-state index contributed by atoms with van der Waals surface area (Å²) in [4.78, 5) is 11.3. The van der Waals surface area contributed by atoms with Gasteiger partial charge in [0.2, 0.25) is 0 Å². The van der Waals surface area contributed by atoms with Gasteiger partial charge in [0, 0.05) is 16.3 Å². The molecule has 0 aromatic heterocycles. The lowest BCUT2D eigenvalue weighted by molar-refractivity contribution is 0.0696. The first kappa shape index (κ1) is 21.6. The molecule has 0 amide bonds. The highest BCUT2D eigenvalue weighted by atomic mass is 16.4. The van der Waals surface area contributed by atoms with Crippen LogP contribution < -0.4 is 0 Å². The van der Waals surface area contributed by atoms with E-state index in [-0.39, 0.29) is 33.6 Å². The van der Waals surface area contributed by atoms with Crippen LogP contribution in [0, 0.1) is 11.8 Å². The Morgan fingerprint density at radius 1 is 0.970 bits per heavy atom. The summed E-state index contributed by atoms with van der Waals surface area (Å²) in [5.41, 5.74) is 2.47. The van der Waals surface area contributed by atoms with Crippen molar-refractivity contribution in [3.05, 3.63) is 53.6 Å². The number of phenolic OH excluding ortho intramolecular Hbond substituents is 3. The van der Waals surface area contributed by atoms with Gasteiger partial charge in [-0.1, -0.05) is 32.3 Å². The number of aromatic carboxylic acids is 1. The number of fused-ring (bicyclic) bond motifs is 3. The summed E-state index contributed by atoms with van der Waals surface area (Å²) in [5, 5.41) is 41.7. The van der Waals surface area contributed by atoms with Crippen LogP contribution in [0.5, 0.6) is 17.2 Å². The third-order valence-electron chi connectivity index (χ3n) is 8.06. The monoisotopic (exact) mass is 446 g/mol. The van der Waals surface area contributed by atoms with Crippen LogP contribution in [0.1, 0.15) is 67.8 Å². The van der Waals surface area contributed by atoms with E-state index < -0.39 is 5.97 Å². The van der Waals surface area contributed by atoms with Gasteiger partial charge in [-0.3, -0.25) is 0 Å². The van der Waals surface area contributed by atoms with Gasteiger partial charge in [0.1, 0.15) is 17.2 Å². The summed E-state index contributed by atoms with van der Waals surface area (Å²) >= 11 is 0. The molecule has 0 saturated heterocycles. The third-order valence-corrected chi connectivity index (χ3v) is 8.06. The number of hydrogen-bond acceptors (Lipinski definition) is 4. The van der Waals surface area contributed by atoms with Crippen molar-refractivity contribution < 1.29 is 25.2 Å². The summed E-state index contributed by atoms with van der Waals surface area (Å²) < 4.78 is 0. The van der Waals surface area contributed by atoms with Crippen molar-refractivity contribution >= 4 is 16.7 Å². The SMILES string of the molecule is CCC1CC2CCCC(c3ccc(O)c(-c4cc(O)c5cc(C(=O)O)cc(O)c5c4)c3)(C1)C2. The van der Waals surface area contributed by atoms with Gasteiger partial charge >= 0.3 is 5.97 Å². The van der Waals surface area contributed by atoms with Crippen molar-refractivity contribution in [1.82, 2.24) is 0 Å². The second kappa shape index (κ2) is 7.98. The first-order chi connectivity index (χ1) is 15.8. The molecule has 0 radical (unpaired) electrons. The summed E-state index contributed by atoms with van der Waals surface area (Å²) in [6.45, 7) is 2.28. The molecule has 5 nitrogen and oxygen atoms in total. The quantitative estimate of drug-likeness (QED) is 0.363. The Hall–Kier alpha value is -3.21. The number of carbonyl (C=O) groups is 1. The predicted molar refractivity (Wildman–Crippen MR) is 128 cm³/mol. The highest BCUT2D eigenvalue weighted by Crippen LogP contribution is 2.54. The van der Waals surface area contributed by atoms with Gasteiger partial charge in [-0.2, -0.15) is 0 Å². The van der Waals surface area contributed by atoms with Crippen molar-refractivity contribution in [3.63, 3.8) is 0 Å². The predicted octanol–water partition coefficient (Wildman–Crippen LogP) is 6.57. The molecule has 2 aliphatic carbocycles. The Morgan fingerprint density at radius 3 is 2.48 bits per heavy atom. The van der Waals surface area contributed by atoms with Crippen molar-refractivity contribution in [3.8, 4) is 28.4 Å². The van der Waals surface area contributed by atoms with Crippen LogP contribution >= 0.6 is 0 Å². The molecule has 3 atom stereocenters. The Bertz CT molecular complexity index is 1250. The molecule has 5 rings (SSSR count). The molecular formula is C28H30O5. The molecule has 2 fully saturated rings. The minimum Gasteiger partial charge on any atom is -0.507 e. The molecule has 0 heterocycles. The molecule has 2 bridgehead atoms. The summed E-state index contributed by atoms with van der Waals surface area (Å²) in [6, 6.07) is 11.6. The normalized spacial score (nSPS) is 24.6. The van der Waals surface area contributed by atoms with Crippen LogP contribution in [0.25, 0.3) is 21.9 Å². The van der Waals surface area contributed by atoms with Crippen molar-refractivity contribution in [2.24, 2.45) is 11.8 Å². The van der Waals surface area contributed by atoms with Gasteiger partial charge in [0.05, 0.1) is 5.56 Å². The van der Waals surface area contributed by atoms with E-state index in [1.54, 1.807) is 12.1 Å². The molecule has 4 N–H and O–H groups in total. The topological polar surface area (TPSA) is 98.0 Å². The number of benzene rings is 3. The lowest BCUT2D eigenvalue weighted by Gasteiger charge is -2.49. The Labute approximate surface area is 193 Å². The molecule has 0 spiro atoms. The minimum atomic E-state index is -1.18. The highest BCUT2D eigenvalue weighted by Gasteiger charge is 2.43. The van der Waals surface area contributed by atoms with E-state index >= 15 is 0 Å².